The van der Waals surface area contributed by atoms with Gasteiger partial charge in [0.2, 0.25) is 0 Å². The molecule has 6 heteroatoms. The molecule has 0 saturated heterocycles. The van der Waals surface area contributed by atoms with E-state index in [0.717, 1.165) is 28.3 Å². The lowest BCUT2D eigenvalue weighted by Gasteiger charge is -2.20. The lowest BCUT2D eigenvalue weighted by molar-refractivity contribution is 0.0758. The summed E-state index contributed by atoms with van der Waals surface area (Å²) in [4.78, 5) is 24.2. The minimum Gasteiger partial charge on any atom is -0.508 e. The molecule has 30 heavy (non-hydrogen) atoms. The number of carbonyl (C=O) groups is 1. The van der Waals surface area contributed by atoms with E-state index >= 15 is 0 Å². The van der Waals surface area contributed by atoms with Crippen LogP contribution in [0.5, 0.6) is 5.75 Å². The molecule has 0 unspecified atom stereocenters. The third kappa shape index (κ3) is 3.90. The maximum absolute atomic E-state index is 14.1. The van der Waals surface area contributed by atoms with Crippen molar-refractivity contribution in [3.05, 3.63) is 77.0 Å². The first-order valence-electron chi connectivity index (χ1n) is 10.2. The van der Waals surface area contributed by atoms with Crippen LogP contribution in [-0.4, -0.2) is 39.0 Å². The van der Waals surface area contributed by atoms with Crippen molar-refractivity contribution < 1.29 is 14.3 Å². The van der Waals surface area contributed by atoms with Crippen molar-refractivity contribution in [3.63, 3.8) is 0 Å². The maximum atomic E-state index is 14.1. The molecule has 1 aliphatic heterocycles. The quantitative estimate of drug-likeness (QED) is 0.703. The van der Waals surface area contributed by atoms with Gasteiger partial charge in [0, 0.05) is 42.2 Å². The van der Waals surface area contributed by atoms with Crippen molar-refractivity contribution in [2.24, 2.45) is 0 Å². The number of carbonyl (C=O) groups excluding carboxylic acids is 1. The second kappa shape index (κ2) is 8.22. The molecule has 1 aliphatic rings. The molecule has 1 amide bonds. The first-order valence-corrected chi connectivity index (χ1v) is 10.2. The lowest BCUT2D eigenvalue weighted by atomic mass is 10.00. The first kappa shape index (κ1) is 20.0. The largest absolute Gasteiger partial charge is 0.508 e. The van der Waals surface area contributed by atoms with Gasteiger partial charge in [0.05, 0.1) is 11.3 Å². The number of amides is 1. The van der Waals surface area contributed by atoms with Crippen LogP contribution in [0, 0.1) is 5.82 Å². The molecule has 5 nitrogen and oxygen atoms in total. The number of hydrogen-bond acceptors (Lipinski definition) is 4. The molecule has 0 atom stereocenters. The van der Waals surface area contributed by atoms with E-state index < -0.39 is 5.82 Å². The molecule has 2 heterocycles. The van der Waals surface area contributed by atoms with Gasteiger partial charge in [-0.05, 0) is 42.8 Å². The number of phenols is 1. The molecule has 1 aromatic heterocycles. The normalized spacial score (nSPS) is 13.8. The highest BCUT2D eigenvalue weighted by Crippen LogP contribution is 2.29. The molecule has 0 saturated carbocycles. The number of aromatic nitrogens is 2. The topological polar surface area (TPSA) is 66.3 Å². The molecule has 4 rings (SSSR count). The average molecular weight is 405 g/mol. The molecule has 0 aliphatic carbocycles. The Hall–Kier alpha value is -3.28. The predicted octanol–water partition coefficient (Wildman–Crippen LogP) is 4.35. The Morgan fingerprint density at radius 2 is 1.73 bits per heavy atom. The third-order valence-corrected chi connectivity index (χ3v) is 5.41. The number of nitrogens with zero attached hydrogens (tertiary/aromatic N) is 3. The lowest BCUT2D eigenvalue weighted by Crippen LogP contribution is -2.33. The van der Waals surface area contributed by atoms with Crippen molar-refractivity contribution >= 4 is 5.91 Å². The number of halogens is 1. The highest BCUT2D eigenvalue weighted by Gasteiger charge is 2.25. The van der Waals surface area contributed by atoms with E-state index in [1.165, 1.54) is 12.1 Å². The van der Waals surface area contributed by atoms with Crippen molar-refractivity contribution in [3.8, 4) is 17.0 Å². The van der Waals surface area contributed by atoms with Gasteiger partial charge in [0.25, 0.3) is 5.91 Å². The summed E-state index contributed by atoms with van der Waals surface area (Å²) < 4.78 is 14.1. The van der Waals surface area contributed by atoms with Crippen LogP contribution in [0.3, 0.4) is 0 Å². The Morgan fingerprint density at radius 1 is 1.03 bits per heavy atom. The van der Waals surface area contributed by atoms with Gasteiger partial charge in [0.1, 0.15) is 17.4 Å². The Kier molecular flexibility index (Phi) is 5.48. The number of fused-ring (bicyclic) bond motifs is 1. The first-order chi connectivity index (χ1) is 14.4. The van der Waals surface area contributed by atoms with Crippen LogP contribution in [0.25, 0.3) is 11.3 Å². The van der Waals surface area contributed by atoms with Crippen LogP contribution in [0.15, 0.2) is 48.5 Å². The van der Waals surface area contributed by atoms with Crippen molar-refractivity contribution in [2.75, 3.05) is 13.1 Å². The highest BCUT2D eigenvalue weighted by atomic mass is 19.1. The maximum Gasteiger partial charge on any atom is 0.256 e. The van der Waals surface area contributed by atoms with E-state index in [2.05, 4.69) is 0 Å². The van der Waals surface area contributed by atoms with E-state index in [4.69, 9.17) is 9.97 Å². The minimum atomic E-state index is -0.504. The van der Waals surface area contributed by atoms with Gasteiger partial charge in [-0.25, -0.2) is 14.4 Å². The van der Waals surface area contributed by atoms with Crippen molar-refractivity contribution in [1.29, 1.82) is 0 Å². The van der Waals surface area contributed by atoms with Crippen LogP contribution >= 0.6 is 0 Å². The molecule has 154 valence electrons. The molecule has 2 aromatic carbocycles. The Bertz CT molecular complexity index is 1080. The summed E-state index contributed by atoms with van der Waals surface area (Å²) in [5, 5.41) is 9.65. The zero-order valence-electron chi connectivity index (χ0n) is 17.1. The summed E-state index contributed by atoms with van der Waals surface area (Å²) in [6.07, 6.45) is 1.17. The number of rotatable bonds is 3. The third-order valence-electron chi connectivity index (χ3n) is 5.41. The molecule has 3 aromatic rings. The summed E-state index contributed by atoms with van der Waals surface area (Å²) in [6.45, 7) is 5.04. The SMILES string of the molecule is CC(C)c1nc2c(c(-c3ccc(O)cc3)n1)CCN(C(=O)c1ccccc1F)CC2. The van der Waals surface area contributed by atoms with Crippen LogP contribution in [0.2, 0.25) is 0 Å². The van der Waals surface area contributed by atoms with E-state index in [1.807, 2.05) is 26.0 Å². The molecular weight excluding hydrogens is 381 g/mol. The van der Waals surface area contributed by atoms with Gasteiger partial charge in [0.15, 0.2) is 0 Å². The molecule has 0 radical (unpaired) electrons. The summed E-state index contributed by atoms with van der Waals surface area (Å²) in [6, 6.07) is 13.1. The molecule has 0 spiro atoms. The predicted molar refractivity (Wildman–Crippen MR) is 113 cm³/mol. The Labute approximate surface area is 175 Å². The highest BCUT2D eigenvalue weighted by molar-refractivity contribution is 5.94. The second-order valence-electron chi connectivity index (χ2n) is 7.83. The Balaban J connectivity index is 1.70. The van der Waals surface area contributed by atoms with E-state index in [-0.39, 0.29) is 23.1 Å². The summed E-state index contributed by atoms with van der Waals surface area (Å²) in [5.74, 6) is 0.306. The fourth-order valence-corrected chi connectivity index (χ4v) is 3.74. The summed E-state index contributed by atoms with van der Waals surface area (Å²) in [7, 11) is 0. The van der Waals surface area contributed by atoms with Gasteiger partial charge in [-0.15, -0.1) is 0 Å². The fourth-order valence-electron chi connectivity index (χ4n) is 3.74. The van der Waals surface area contributed by atoms with Gasteiger partial charge in [-0.2, -0.15) is 0 Å². The zero-order chi connectivity index (χ0) is 21.3. The molecule has 1 N–H and O–H groups in total. The van der Waals surface area contributed by atoms with E-state index in [9.17, 15) is 14.3 Å². The smallest absolute Gasteiger partial charge is 0.256 e. The number of hydrogen-bond donors (Lipinski definition) is 1. The standard InChI is InChI=1S/C24H24FN3O2/c1-15(2)23-26-21-12-14-28(24(30)18-5-3-4-6-20(18)25)13-11-19(21)22(27-23)16-7-9-17(29)10-8-16/h3-10,15,29H,11-14H2,1-2H3. The molecular formula is C24H24FN3O2. The van der Waals surface area contributed by atoms with Crippen LogP contribution in [0.4, 0.5) is 4.39 Å². The summed E-state index contributed by atoms with van der Waals surface area (Å²) in [5.41, 5.74) is 3.77. The van der Waals surface area contributed by atoms with Crippen LogP contribution < -0.4 is 0 Å². The van der Waals surface area contributed by atoms with E-state index in [1.54, 1.807) is 29.2 Å². The van der Waals surface area contributed by atoms with Gasteiger partial charge >= 0.3 is 0 Å². The van der Waals surface area contributed by atoms with Gasteiger partial charge in [-0.1, -0.05) is 26.0 Å². The van der Waals surface area contributed by atoms with Crippen molar-refractivity contribution in [2.45, 2.75) is 32.6 Å². The average Bonchev–Trinajstić information content (AvgIpc) is 2.96. The van der Waals surface area contributed by atoms with Crippen LogP contribution in [0.1, 0.15) is 47.2 Å². The van der Waals surface area contributed by atoms with E-state index in [0.29, 0.717) is 25.9 Å². The number of phenolic OH excluding ortho intramolecular Hbond substituents is 1. The Morgan fingerprint density at radius 3 is 2.43 bits per heavy atom. The monoisotopic (exact) mass is 405 g/mol. The van der Waals surface area contributed by atoms with Crippen LogP contribution in [-0.2, 0) is 12.8 Å². The van der Waals surface area contributed by atoms with Gasteiger partial charge in [-0.3, -0.25) is 4.79 Å². The van der Waals surface area contributed by atoms with Gasteiger partial charge < -0.3 is 10.0 Å². The number of aromatic hydroxyl groups is 1. The minimum absolute atomic E-state index is 0.0937. The summed E-state index contributed by atoms with van der Waals surface area (Å²) >= 11 is 0. The number of benzene rings is 2. The second-order valence-corrected chi connectivity index (χ2v) is 7.83. The van der Waals surface area contributed by atoms with Crippen molar-refractivity contribution in [1.82, 2.24) is 14.9 Å². The zero-order valence-corrected chi connectivity index (χ0v) is 17.1. The molecule has 0 fully saturated rings. The fraction of sp³-hybridized carbons (Fsp3) is 0.292. The molecule has 0 bridgehead atoms.